The molecule has 0 saturated carbocycles. The molecule has 10 heteroatoms. The van der Waals surface area contributed by atoms with Crippen LogP contribution in [0.3, 0.4) is 0 Å². The number of para-hydroxylation sites is 2. The highest BCUT2D eigenvalue weighted by Gasteiger charge is 2.31. The molecule has 1 fully saturated rings. The van der Waals surface area contributed by atoms with E-state index in [1.165, 1.54) is 0 Å². The Morgan fingerprint density at radius 1 is 1.03 bits per heavy atom. The number of anilines is 2. The summed E-state index contributed by atoms with van der Waals surface area (Å²) in [6.45, 7) is 1.14. The third-order valence-corrected chi connectivity index (χ3v) is 5.92. The number of benzene rings is 2. The third kappa shape index (κ3) is 5.27. The molecule has 0 radical (unpaired) electrons. The van der Waals surface area contributed by atoms with Gasteiger partial charge >= 0.3 is 6.18 Å². The number of nitrogens with zero attached hydrogens (tertiary/aromatic N) is 1. The normalized spacial score (nSPS) is 14.8. The average Bonchev–Trinajstić information content (AvgIpc) is 3.21. The summed E-state index contributed by atoms with van der Waals surface area (Å²) in [4.78, 5) is 13.8. The lowest BCUT2D eigenvalue weighted by atomic mass is 10.2. The number of halogens is 3. The van der Waals surface area contributed by atoms with E-state index in [4.69, 9.17) is 0 Å². The molecule has 2 aromatic carbocycles. The molecule has 156 valence electrons. The van der Waals surface area contributed by atoms with Crippen LogP contribution in [-0.2, 0) is 21.0 Å². The fourth-order valence-electron chi connectivity index (χ4n) is 3.09. The van der Waals surface area contributed by atoms with Crippen molar-refractivity contribution in [1.29, 1.82) is 0 Å². The van der Waals surface area contributed by atoms with E-state index in [0.29, 0.717) is 11.8 Å². The zero-order valence-corrected chi connectivity index (χ0v) is 16.2. The molecule has 1 saturated heterocycles. The molecule has 2 aromatic rings. The van der Waals surface area contributed by atoms with Gasteiger partial charge in [0.25, 0.3) is 0 Å². The van der Waals surface area contributed by atoms with Crippen LogP contribution < -0.4 is 14.9 Å². The van der Waals surface area contributed by atoms with Gasteiger partial charge in [0, 0.05) is 13.1 Å². The smallest absolute Gasteiger partial charge is 0.370 e. The maximum absolute atomic E-state index is 12.8. The Balaban J connectivity index is 1.67. The number of hydrogen-bond donors (Lipinski definition) is 2. The van der Waals surface area contributed by atoms with Crippen molar-refractivity contribution < 1.29 is 26.4 Å². The number of carbonyl (C=O) groups is 1. The van der Waals surface area contributed by atoms with Crippen molar-refractivity contribution in [2.75, 3.05) is 29.9 Å². The highest BCUT2D eigenvalue weighted by molar-refractivity contribution is 7.89. The van der Waals surface area contributed by atoms with Crippen LogP contribution in [0, 0.1) is 0 Å². The molecule has 1 aliphatic rings. The summed E-state index contributed by atoms with van der Waals surface area (Å²) in [5, 5.41) is 2.66. The van der Waals surface area contributed by atoms with E-state index in [2.05, 4.69) is 10.2 Å². The molecule has 0 spiro atoms. The molecule has 1 aliphatic heterocycles. The van der Waals surface area contributed by atoms with Crippen LogP contribution in [0.25, 0.3) is 0 Å². The topological polar surface area (TPSA) is 78.5 Å². The first kappa shape index (κ1) is 21.1. The quantitative estimate of drug-likeness (QED) is 0.742. The number of nitrogens with one attached hydrogen (secondary N) is 2. The fourth-order valence-corrected chi connectivity index (χ4v) is 4.12. The van der Waals surface area contributed by atoms with Crippen LogP contribution in [0.5, 0.6) is 0 Å². The lowest BCUT2D eigenvalue weighted by Gasteiger charge is -2.21. The maximum atomic E-state index is 12.8. The first-order valence-electron chi connectivity index (χ1n) is 8.97. The summed E-state index contributed by atoms with van der Waals surface area (Å²) in [5.74, 6) is -0.618. The van der Waals surface area contributed by atoms with E-state index in [0.717, 1.165) is 49.8 Å². The standard InChI is InChI=1S/C19H20F3N3O3S/c20-19(21,22)14-6-5-7-15(12-14)29(27,28)23-13-18(26)24-16-8-1-2-9-17(16)25-10-3-4-11-25/h1-2,5-9,12,23H,3-4,10-11,13H2,(H,24,26). The Hall–Kier alpha value is -2.59. The number of sulfonamides is 1. The van der Waals surface area contributed by atoms with Gasteiger partial charge in [-0.2, -0.15) is 13.2 Å². The third-order valence-electron chi connectivity index (χ3n) is 4.52. The van der Waals surface area contributed by atoms with Gasteiger partial charge in [-0.1, -0.05) is 18.2 Å². The highest BCUT2D eigenvalue weighted by Crippen LogP contribution is 2.30. The van der Waals surface area contributed by atoms with Gasteiger partial charge in [-0.3, -0.25) is 4.79 Å². The van der Waals surface area contributed by atoms with Crippen molar-refractivity contribution in [1.82, 2.24) is 4.72 Å². The molecular formula is C19H20F3N3O3S. The number of rotatable bonds is 6. The molecule has 1 heterocycles. The van der Waals surface area contributed by atoms with E-state index in [1.807, 2.05) is 16.9 Å². The molecule has 3 rings (SSSR count). The summed E-state index contributed by atoms with van der Waals surface area (Å²) in [6.07, 6.45) is -2.56. The van der Waals surface area contributed by atoms with Gasteiger partial charge in [0.05, 0.1) is 28.4 Å². The lowest BCUT2D eigenvalue weighted by molar-refractivity contribution is -0.137. The Morgan fingerprint density at radius 3 is 2.41 bits per heavy atom. The lowest BCUT2D eigenvalue weighted by Crippen LogP contribution is -2.33. The largest absolute Gasteiger partial charge is 0.416 e. The molecule has 0 bridgehead atoms. The summed E-state index contributed by atoms with van der Waals surface area (Å²) in [6, 6.07) is 10.5. The van der Waals surface area contributed by atoms with Gasteiger partial charge in [-0.25, -0.2) is 13.1 Å². The number of amides is 1. The molecule has 0 unspecified atom stereocenters. The van der Waals surface area contributed by atoms with Crippen molar-refractivity contribution >= 4 is 27.3 Å². The van der Waals surface area contributed by atoms with Crippen LogP contribution >= 0.6 is 0 Å². The zero-order chi connectivity index (χ0) is 21.1. The predicted molar refractivity (Wildman–Crippen MR) is 103 cm³/mol. The second-order valence-electron chi connectivity index (χ2n) is 6.61. The molecule has 29 heavy (non-hydrogen) atoms. The number of hydrogen-bond acceptors (Lipinski definition) is 4. The minimum Gasteiger partial charge on any atom is -0.370 e. The van der Waals surface area contributed by atoms with Gasteiger partial charge in [0.15, 0.2) is 0 Å². The van der Waals surface area contributed by atoms with Crippen molar-refractivity contribution in [2.24, 2.45) is 0 Å². The molecule has 0 aromatic heterocycles. The Labute approximate surface area is 166 Å². The molecule has 1 amide bonds. The van der Waals surface area contributed by atoms with Crippen LogP contribution in [0.1, 0.15) is 18.4 Å². The minimum absolute atomic E-state index is 0.531. The van der Waals surface area contributed by atoms with Gasteiger partial charge in [0.1, 0.15) is 0 Å². The number of carbonyl (C=O) groups excluding carboxylic acids is 1. The van der Waals surface area contributed by atoms with Crippen LogP contribution in [0.2, 0.25) is 0 Å². The van der Waals surface area contributed by atoms with E-state index in [9.17, 15) is 26.4 Å². The Kier molecular flexibility index (Phi) is 6.13. The molecule has 2 N–H and O–H groups in total. The van der Waals surface area contributed by atoms with Crippen LogP contribution in [0.15, 0.2) is 53.4 Å². The molecule has 0 aliphatic carbocycles. The van der Waals surface area contributed by atoms with Gasteiger partial charge < -0.3 is 10.2 Å². The highest BCUT2D eigenvalue weighted by atomic mass is 32.2. The van der Waals surface area contributed by atoms with E-state index >= 15 is 0 Å². The van der Waals surface area contributed by atoms with Gasteiger partial charge in [-0.05, 0) is 43.2 Å². The van der Waals surface area contributed by atoms with E-state index < -0.39 is 39.1 Å². The molecular weight excluding hydrogens is 407 g/mol. The predicted octanol–water partition coefficient (Wildman–Crippen LogP) is 3.22. The van der Waals surface area contributed by atoms with Crippen molar-refractivity contribution in [3.05, 3.63) is 54.1 Å². The first-order chi connectivity index (χ1) is 13.7. The van der Waals surface area contributed by atoms with Crippen molar-refractivity contribution in [3.8, 4) is 0 Å². The monoisotopic (exact) mass is 427 g/mol. The van der Waals surface area contributed by atoms with Crippen LogP contribution in [0.4, 0.5) is 24.5 Å². The fraction of sp³-hybridized carbons (Fsp3) is 0.316. The summed E-state index contributed by atoms with van der Waals surface area (Å²) >= 11 is 0. The van der Waals surface area contributed by atoms with Crippen molar-refractivity contribution in [2.45, 2.75) is 23.9 Å². The summed E-state index contributed by atoms with van der Waals surface area (Å²) in [7, 11) is -4.28. The maximum Gasteiger partial charge on any atom is 0.416 e. The summed E-state index contributed by atoms with van der Waals surface area (Å²) in [5.41, 5.74) is 0.320. The minimum atomic E-state index is -4.66. The van der Waals surface area contributed by atoms with Crippen LogP contribution in [-0.4, -0.2) is 34.0 Å². The SMILES string of the molecule is O=C(CNS(=O)(=O)c1cccc(C(F)(F)F)c1)Nc1ccccc1N1CCCC1. The number of alkyl halides is 3. The summed E-state index contributed by atoms with van der Waals surface area (Å²) < 4.78 is 65.0. The first-order valence-corrected chi connectivity index (χ1v) is 10.5. The Bertz CT molecular complexity index is 987. The Morgan fingerprint density at radius 2 is 1.72 bits per heavy atom. The second kappa shape index (κ2) is 8.42. The van der Waals surface area contributed by atoms with Gasteiger partial charge in [-0.15, -0.1) is 0 Å². The van der Waals surface area contributed by atoms with E-state index in [-0.39, 0.29) is 0 Å². The van der Waals surface area contributed by atoms with E-state index in [1.54, 1.807) is 12.1 Å². The zero-order valence-electron chi connectivity index (χ0n) is 15.4. The second-order valence-corrected chi connectivity index (χ2v) is 8.38. The van der Waals surface area contributed by atoms with Gasteiger partial charge in [0.2, 0.25) is 15.9 Å². The molecule has 6 nitrogen and oxygen atoms in total. The van der Waals surface area contributed by atoms with Crippen molar-refractivity contribution in [3.63, 3.8) is 0 Å². The molecule has 0 atom stereocenters. The average molecular weight is 427 g/mol.